The Morgan fingerprint density at radius 3 is 2.77 bits per heavy atom. The van der Waals surface area contributed by atoms with E-state index in [0.717, 1.165) is 6.42 Å². The number of aromatic nitrogens is 2. The molecule has 0 spiro atoms. The second-order valence-electron chi connectivity index (χ2n) is 3.51. The molecule has 0 saturated heterocycles. The van der Waals surface area contributed by atoms with E-state index in [1.165, 1.54) is 0 Å². The zero-order valence-corrected chi connectivity index (χ0v) is 7.57. The second kappa shape index (κ2) is 2.83. The number of hydrogen-bond acceptors (Lipinski definition) is 4. The quantitative estimate of drug-likeness (QED) is 0.738. The van der Waals surface area contributed by atoms with Crippen LogP contribution in [-0.2, 0) is 4.79 Å². The third-order valence-electron chi connectivity index (χ3n) is 2.34. The first-order valence-corrected chi connectivity index (χ1v) is 4.28. The highest BCUT2D eigenvalue weighted by Gasteiger charge is 2.39. The number of rotatable bonds is 2. The Morgan fingerprint density at radius 1 is 1.62 bits per heavy atom. The molecule has 1 aliphatic carbocycles. The molecule has 2 atom stereocenters. The van der Waals surface area contributed by atoms with Crippen LogP contribution >= 0.6 is 0 Å². The molecule has 70 valence electrons. The molecule has 0 radical (unpaired) electrons. The largest absolute Gasteiger partial charge is 0.306 e. The lowest BCUT2D eigenvalue weighted by Crippen LogP contribution is -2.15. The van der Waals surface area contributed by atoms with Gasteiger partial charge in [-0.05, 0) is 24.4 Å². The highest BCUT2D eigenvalue weighted by Crippen LogP contribution is 2.38. The average Bonchev–Trinajstić information content (AvgIpc) is 2.68. The van der Waals surface area contributed by atoms with E-state index >= 15 is 0 Å². The number of hydrogen-bond donors (Lipinski definition) is 1. The number of nitrogens with one attached hydrogen (secondary N) is 1. The minimum atomic E-state index is 0.0197. The zero-order chi connectivity index (χ0) is 9.42. The highest BCUT2D eigenvalue weighted by molar-refractivity contribution is 5.93. The first-order valence-electron chi connectivity index (χ1n) is 4.28. The molecule has 1 amide bonds. The van der Waals surface area contributed by atoms with Gasteiger partial charge in [0.2, 0.25) is 5.91 Å². The molecule has 1 fully saturated rings. The average molecular weight is 181 g/mol. The van der Waals surface area contributed by atoms with Crippen molar-refractivity contribution < 1.29 is 9.42 Å². The van der Waals surface area contributed by atoms with E-state index < -0.39 is 0 Å². The Kier molecular flexibility index (Phi) is 1.79. The van der Waals surface area contributed by atoms with Gasteiger partial charge in [-0.1, -0.05) is 12.1 Å². The number of carbonyl (C=O) groups excluding carboxylic acids is 1. The van der Waals surface area contributed by atoms with Gasteiger partial charge in [0.25, 0.3) is 0 Å². The van der Waals surface area contributed by atoms with E-state index in [0.29, 0.717) is 17.4 Å². The lowest BCUT2D eigenvalue weighted by molar-refractivity contribution is -0.117. The molecule has 0 aliphatic heterocycles. The van der Waals surface area contributed by atoms with Crippen LogP contribution < -0.4 is 5.32 Å². The standard InChI is InChI=1S/C8H11N3O2/c1-4-3-6(4)8(12)9-7-5(2)10-13-11-7/h4,6H,3H2,1-2H3,(H,9,11,12)/t4-,6-/m0/s1. The van der Waals surface area contributed by atoms with E-state index in [9.17, 15) is 4.79 Å². The van der Waals surface area contributed by atoms with Crippen molar-refractivity contribution >= 4 is 11.7 Å². The topological polar surface area (TPSA) is 68.0 Å². The number of aryl methyl sites for hydroxylation is 1. The molecule has 5 heteroatoms. The van der Waals surface area contributed by atoms with Crippen molar-refractivity contribution in [2.45, 2.75) is 20.3 Å². The molecule has 1 aromatic rings. The predicted molar refractivity (Wildman–Crippen MR) is 44.9 cm³/mol. The van der Waals surface area contributed by atoms with Gasteiger partial charge in [-0.2, -0.15) is 0 Å². The Bertz CT molecular complexity index is 334. The molecule has 1 N–H and O–H groups in total. The SMILES string of the molecule is Cc1nonc1NC(=O)[C@H]1C[C@@H]1C. The Morgan fingerprint density at radius 2 is 2.31 bits per heavy atom. The summed E-state index contributed by atoms with van der Waals surface area (Å²) in [5.41, 5.74) is 0.613. The summed E-state index contributed by atoms with van der Waals surface area (Å²) in [5, 5.41) is 9.82. The highest BCUT2D eigenvalue weighted by atomic mass is 16.6. The van der Waals surface area contributed by atoms with Crippen molar-refractivity contribution in [1.29, 1.82) is 0 Å². The molecular formula is C8H11N3O2. The van der Waals surface area contributed by atoms with Gasteiger partial charge in [0.1, 0.15) is 5.69 Å². The van der Waals surface area contributed by atoms with Crippen LogP contribution in [0.5, 0.6) is 0 Å². The van der Waals surface area contributed by atoms with E-state index in [2.05, 4.69) is 27.2 Å². The maximum absolute atomic E-state index is 11.4. The van der Waals surface area contributed by atoms with E-state index in [1.807, 2.05) is 0 Å². The summed E-state index contributed by atoms with van der Waals surface area (Å²) in [6.45, 7) is 3.79. The van der Waals surface area contributed by atoms with Gasteiger partial charge in [0.05, 0.1) is 0 Å². The molecule has 1 aliphatic rings. The fourth-order valence-electron chi connectivity index (χ4n) is 1.24. The van der Waals surface area contributed by atoms with Crippen LogP contribution in [0.15, 0.2) is 4.63 Å². The molecule has 0 aromatic carbocycles. The fourth-order valence-corrected chi connectivity index (χ4v) is 1.24. The fraction of sp³-hybridized carbons (Fsp3) is 0.625. The van der Waals surface area contributed by atoms with Gasteiger partial charge in [-0.15, -0.1) is 0 Å². The predicted octanol–water partition coefficient (Wildman–Crippen LogP) is 0.973. The van der Waals surface area contributed by atoms with Crippen molar-refractivity contribution in [1.82, 2.24) is 10.3 Å². The normalized spacial score (nSPS) is 25.7. The molecule has 0 unspecified atom stereocenters. The van der Waals surface area contributed by atoms with E-state index in [-0.39, 0.29) is 11.8 Å². The van der Waals surface area contributed by atoms with Gasteiger partial charge >= 0.3 is 0 Å². The smallest absolute Gasteiger partial charge is 0.229 e. The summed E-state index contributed by atoms with van der Waals surface area (Å²) in [6, 6.07) is 0. The molecule has 1 saturated carbocycles. The number of nitrogens with zero attached hydrogens (tertiary/aromatic N) is 2. The third-order valence-corrected chi connectivity index (χ3v) is 2.34. The van der Waals surface area contributed by atoms with Crippen LogP contribution in [0, 0.1) is 18.8 Å². The summed E-state index contributed by atoms with van der Waals surface area (Å²) in [6.07, 6.45) is 0.968. The first kappa shape index (κ1) is 8.22. The maximum Gasteiger partial charge on any atom is 0.229 e. The van der Waals surface area contributed by atoms with Crippen molar-refractivity contribution in [3.63, 3.8) is 0 Å². The minimum absolute atomic E-state index is 0.0197. The molecule has 13 heavy (non-hydrogen) atoms. The van der Waals surface area contributed by atoms with Gasteiger partial charge in [0, 0.05) is 5.92 Å². The molecule has 5 nitrogen and oxygen atoms in total. The van der Waals surface area contributed by atoms with Crippen molar-refractivity contribution in [2.75, 3.05) is 5.32 Å². The summed E-state index contributed by atoms with van der Waals surface area (Å²) in [7, 11) is 0. The summed E-state index contributed by atoms with van der Waals surface area (Å²) in [5.74, 6) is 1.10. The van der Waals surface area contributed by atoms with Gasteiger partial charge in [-0.3, -0.25) is 4.79 Å². The van der Waals surface area contributed by atoms with Gasteiger partial charge < -0.3 is 5.32 Å². The Hall–Kier alpha value is -1.39. The lowest BCUT2D eigenvalue weighted by Gasteiger charge is -1.98. The Balaban J connectivity index is 1.99. The number of anilines is 1. The van der Waals surface area contributed by atoms with Crippen molar-refractivity contribution in [3.8, 4) is 0 Å². The molecular weight excluding hydrogens is 170 g/mol. The van der Waals surface area contributed by atoms with Gasteiger partial charge in [0.15, 0.2) is 5.82 Å². The van der Waals surface area contributed by atoms with Crippen LogP contribution in [0.4, 0.5) is 5.82 Å². The van der Waals surface area contributed by atoms with Crippen LogP contribution in [0.3, 0.4) is 0 Å². The van der Waals surface area contributed by atoms with Crippen molar-refractivity contribution in [2.24, 2.45) is 11.8 Å². The number of carbonyl (C=O) groups is 1. The minimum Gasteiger partial charge on any atom is -0.306 e. The summed E-state index contributed by atoms with van der Waals surface area (Å²) in [4.78, 5) is 11.4. The number of amides is 1. The van der Waals surface area contributed by atoms with E-state index in [1.54, 1.807) is 6.92 Å². The van der Waals surface area contributed by atoms with Crippen molar-refractivity contribution in [3.05, 3.63) is 5.69 Å². The molecule has 1 heterocycles. The molecule has 0 bridgehead atoms. The lowest BCUT2D eigenvalue weighted by atomic mass is 10.3. The van der Waals surface area contributed by atoms with E-state index in [4.69, 9.17) is 0 Å². The zero-order valence-electron chi connectivity index (χ0n) is 7.57. The summed E-state index contributed by atoms with van der Waals surface area (Å²) < 4.78 is 4.46. The monoisotopic (exact) mass is 181 g/mol. The second-order valence-corrected chi connectivity index (χ2v) is 3.51. The third kappa shape index (κ3) is 1.54. The molecule has 1 aromatic heterocycles. The van der Waals surface area contributed by atoms with Crippen LogP contribution in [-0.4, -0.2) is 16.2 Å². The van der Waals surface area contributed by atoms with Crippen LogP contribution in [0.25, 0.3) is 0 Å². The Labute approximate surface area is 75.5 Å². The molecule has 2 rings (SSSR count). The maximum atomic E-state index is 11.4. The first-order chi connectivity index (χ1) is 6.18. The van der Waals surface area contributed by atoms with Crippen LogP contribution in [0.2, 0.25) is 0 Å². The van der Waals surface area contributed by atoms with Gasteiger partial charge in [-0.25, -0.2) is 4.63 Å². The van der Waals surface area contributed by atoms with Crippen LogP contribution in [0.1, 0.15) is 19.0 Å². The summed E-state index contributed by atoms with van der Waals surface area (Å²) >= 11 is 0.